The van der Waals surface area contributed by atoms with Crippen molar-refractivity contribution in [2.45, 2.75) is 0 Å². The van der Waals surface area contributed by atoms with Gasteiger partial charge in [0.2, 0.25) is 5.82 Å². The molecule has 1 aromatic heterocycles. The van der Waals surface area contributed by atoms with Gasteiger partial charge >= 0.3 is 5.00 Å². The maximum atomic E-state index is 10.7. The third-order valence-corrected chi connectivity index (χ3v) is 2.91. The molecule has 1 saturated heterocycles. The molecule has 0 unspecified atom stereocenters. The van der Waals surface area contributed by atoms with Crippen LogP contribution in [0.25, 0.3) is 0 Å². The van der Waals surface area contributed by atoms with Gasteiger partial charge < -0.3 is 15.4 Å². The lowest BCUT2D eigenvalue weighted by Crippen LogP contribution is -2.36. The molecule has 8 heteroatoms. The van der Waals surface area contributed by atoms with Crippen molar-refractivity contribution in [3.05, 3.63) is 10.1 Å². The van der Waals surface area contributed by atoms with Gasteiger partial charge in [-0.3, -0.25) is 10.1 Å². The van der Waals surface area contributed by atoms with Gasteiger partial charge in [-0.15, -0.1) is 0 Å². The molecule has 2 heterocycles. The second-order valence-corrected chi connectivity index (χ2v) is 4.05. The molecule has 0 spiro atoms. The van der Waals surface area contributed by atoms with Crippen LogP contribution in [0.15, 0.2) is 0 Å². The highest BCUT2D eigenvalue weighted by Crippen LogP contribution is 2.35. The van der Waals surface area contributed by atoms with Gasteiger partial charge in [0.15, 0.2) is 5.13 Å². The summed E-state index contributed by atoms with van der Waals surface area (Å²) in [7, 11) is 0. The van der Waals surface area contributed by atoms with E-state index in [-0.39, 0.29) is 10.1 Å². The minimum atomic E-state index is -0.446. The minimum Gasteiger partial charge on any atom is -0.378 e. The number of hydrogen-bond donors (Lipinski definition) is 1. The lowest BCUT2D eigenvalue weighted by atomic mass is 10.4. The van der Waals surface area contributed by atoms with E-state index in [4.69, 9.17) is 10.5 Å². The number of morpholine rings is 1. The summed E-state index contributed by atoms with van der Waals surface area (Å²) >= 11 is 0.901. The van der Waals surface area contributed by atoms with Crippen LogP contribution < -0.4 is 10.6 Å². The second-order valence-electron chi connectivity index (χ2n) is 3.04. The number of aromatic nitrogens is 1. The summed E-state index contributed by atoms with van der Waals surface area (Å²) in [6.07, 6.45) is 0. The maximum absolute atomic E-state index is 10.7. The van der Waals surface area contributed by atoms with Gasteiger partial charge in [-0.25, -0.2) is 0 Å². The first-order chi connectivity index (χ1) is 7.18. The number of thiazole rings is 1. The first-order valence-electron chi connectivity index (χ1n) is 4.42. The van der Waals surface area contributed by atoms with Crippen molar-refractivity contribution in [1.82, 2.24) is 4.98 Å². The summed E-state index contributed by atoms with van der Waals surface area (Å²) in [5.74, 6) is 0.366. The largest absolute Gasteiger partial charge is 0.378 e. The van der Waals surface area contributed by atoms with Gasteiger partial charge in [-0.05, 0) is 11.3 Å². The van der Waals surface area contributed by atoms with Crippen LogP contribution in [0.4, 0.5) is 16.0 Å². The van der Waals surface area contributed by atoms with Crippen LogP contribution >= 0.6 is 11.3 Å². The first-order valence-corrected chi connectivity index (χ1v) is 5.23. The van der Waals surface area contributed by atoms with E-state index in [9.17, 15) is 10.1 Å². The number of nitrogen functional groups attached to an aromatic ring is 1. The first kappa shape index (κ1) is 10.1. The third-order valence-electron chi connectivity index (χ3n) is 2.09. The fraction of sp³-hybridized carbons (Fsp3) is 0.571. The number of rotatable bonds is 2. The Kier molecular flexibility index (Phi) is 2.69. The van der Waals surface area contributed by atoms with Crippen molar-refractivity contribution < 1.29 is 9.66 Å². The van der Waals surface area contributed by atoms with Gasteiger partial charge in [-0.1, -0.05) is 0 Å². The minimum absolute atomic E-state index is 0.00870. The van der Waals surface area contributed by atoms with Crippen LogP contribution in [0, 0.1) is 10.1 Å². The predicted molar refractivity (Wildman–Crippen MR) is 56.2 cm³/mol. The molecule has 1 aromatic rings. The Morgan fingerprint density at radius 2 is 2.20 bits per heavy atom. The zero-order valence-electron chi connectivity index (χ0n) is 7.88. The molecule has 2 N–H and O–H groups in total. The van der Waals surface area contributed by atoms with Crippen LogP contribution in [0.2, 0.25) is 0 Å². The molecule has 0 aromatic carbocycles. The number of hydrogen-bond acceptors (Lipinski definition) is 7. The highest BCUT2D eigenvalue weighted by atomic mass is 32.1. The predicted octanol–water partition coefficient (Wildman–Crippen LogP) is 0.470. The van der Waals surface area contributed by atoms with Crippen molar-refractivity contribution in [1.29, 1.82) is 0 Å². The van der Waals surface area contributed by atoms with E-state index < -0.39 is 4.92 Å². The molecule has 1 aliphatic heterocycles. The molecular formula is C7H10N4O3S. The van der Waals surface area contributed by atoms with E-state index in [1.54, 1.807) is 0 Å². The standard InChI is InChI=1S/C7H10N4O3S/c8-7-9-5(6(15-7)11(12)13)10-1-3-14-4-2-10/h1-4H2,(H2,8,9). The zero-order valence-corrected chi connectivity index (χ0v) is 8.70. The average molecular weight is 230 g/mol. The zero-order chi connectivity index (χ0) is 10.8. The van der Waals surface area contributed by atoms with Crippen molar-refractivity contribution in [2.24, 2.45) is 0 Å². The Bertz CT molecular complexity index is 374. The van der Waals surface area contributed by atoms with Crippen molar-refractivity contribution in [3.63, 3.8) is 0 Å². The lowest BCUT2D eigenvalue weighted by molar-refractivity contribution is -0.379. The quantitative estimate of drug-likeness (QED) is 0.586. The van der Waals surface area contributed by atoms with E-state index in [0.717, 1.165) is 11.3 Å². The van der Waals surface area contributed by atoms with Crippen LogP contribution in [0.1, 0.15) is 0 Å². The molecule has 0 amide bonds. The molecule has 15 heavy (non-hydrogen) atoms. The highest BCUT2D eigenvalue weighted by Gasteiger charge is 2.26. The fourth-order valence-electron chi connectivity index (χ4n) is 1.42. The van der Waals surface area contributed by atoms with Crippen LogP contribution in [0.5, 0.6) is 0 Å². The summed E-state index contributed by atoms with van der Waals surface area (Å²) in [5, 5.41) is 11.0. The summed E-state index contributed by atoms with van der Waals surface area (Å²) in [5.41, 5.74) is 5.47. The molecule has 7 nitrogen and oxygen atoms in total. The van der Waals surface area contributed by atoms with Gasteiger partial charge in [0, 0.05) is 13.1 Å². The fourth-order valence-corrected chi connectivity index (χ4v) is 2.09. The Morgan fingerprint density at radius 1 is 1.53 bits per heavy atom. The van der Waals surface area contributed by atoms with Crippen LogP contribution in [0.3, 0.4) is 0 Å². The monoisotopic (exact) mass is 230 g/mol. The number of nitro groups is 1. The number of nitrogens with zero attached hydrogens (tertiary/aromatic N) is 3. The number of nitrogens with two attached hydrogens (primary N) is 1. The molecule has 82 valence electrons. The van der Waals surface area contributed by atoms with Crippen LogP contribution in [-0.4, -0.2) is 36.2 Å². The van der Waals surface area contributed by atoms with Crippen LogP contribution in [-0.2, 0) is 4.74 Å². The van der Waals surface area contributed by atoms with E-state index >= 15 is 0 Å². The van der Waals surface area contributed by atoms with Gasteiger partial charge in [0.1, 0.15) is 0 Å². The average Bonchev–Trinajstić information content (AvgIpc) is 2.62. The van der Waals surface area contributed by atoms with E-state index in [1.807, 2.05) is 4.90 Å². The van der Waals surface area contributed by atoms with Gasteiger partial charge in [0.25, 0.3) is 0 Å². The second kappa shape index (κ2) is 3.99. The van der Waals surface area contributed by atoms with E-state index in [0.29, 0.717) is 32.1 Å². The summed E-state index contributed by atoms with van der Waals surface area (Å²) in [6.45, 7) is 2.36. The lowest BCUT2D eigenvalue weighted by Gasteiger charge is -2.25. The molecule has 2 rings (SSSR count). The molecule has 1 aliphatic rings. The third kappa shape index (κ3) is 2.00. The van der Waals surface area contributed by atoms with Gasteiger partial charge in [0.05, 0.1) is 18.1 Å². The Hall–Kier alpha value is -1.41. The molecule has 0 atom stereocenters. The highest BCUT2D eigenvalue weighted by molar-refractivity contribution is 7.19. The number of ether oxygens (including phenoxy) is 1. The number of anilines is 2. The van der Waals surface area contributed by atoms with Crippen molar-refractivity contribution in [2.75, 3.05) is 36.9 Å². The molecule has 1 fully saturated rings. The Balaban J connectivity index is 2.28. The SMILES string of the molecule is Nc1nc(N2CCOCC2)c([N+](=O)[O-])s1. The maximum Gasteiger partial charge on any atom is 0.369 e. The molecule has 0 bridgehead atoms. The van der Waals surface area contributed by atoms with E-state index in [1.165, 1.54) is 0 Å². The molecule has 0 radical (unpaired) electrons. The topological polar surface area (TPSA) is 94.5 Å². The Morgan fingerprint density at radius 3 is 2.80 bits per heavy atom. The Labute approximate surface area is 89.6 Å². The van der Waals surface area contributed by atoms with Crippen molar-refractivity contribution in [3.8, 4) is 0 Å². The normalized spacial score (nSPS) is 16.7. The van der Waals surface area contributed by atoms with E-state index in [2.05, 4.69) is 4.98 Å². The molecule has 0 aliphatic carbocycles. The molecular weight excluding hydrogens is 220 g/mol. The smallest absolute Gasteiger partial charge is 0.369 e. The molecule has 0 saturated carbocycles. The van der Waals surface area contributed by atoms with Crippen molar-refractivity contribution >= 4 is 27.3 Å². The summed E-state index contributed by atoms with van der Waals surface area (Å²) < 4.78 is 5.16. The summed E-state index contributed by atoms with van der Waals surface area (Å²) in [4.78, 5) is 16.1. The summed E-state index contributed by atoms with van der Waals surface area (Å²) in [6, 6.07) is 0. The van der Waals surface area contributed by atoms with Gasteiger partial charge in [-0.2, -0.15) is 4.98 Å².